The summed E-state index contributed by atoms with van der Waals surface area (Å²) in [7, 11) is 2.01. The molecule has 3 atom stereocenters. The van der Waals surface area contributed by atoms with Gasteiger partial charge in [-0.15, -0.1) is 0 Å². The molecular weight excluding hydrogens is 458 g/mol. The number of Topliss-reactive ketones (excluding diaryl/α,β-unsaturated/α-hetero) is 1. The van der Waals surface area contributed by atoms with Gasteiger partial charge in [0.05, 0.1) is 12.0 Å². The summed E-state index contributed by atoms with van der Waals surface area (Å²) in [5.74, 6) is 3.28. The molecule has 0 aliphatic carbocycles. The van der Waals surface area contributed by atoms with Gasteiger partial charge in [-0.1, -0.05) is 69.7 Å². The van der Waals surface area contributed by atoms with E-state index < -0.39 is 29.2 Å². The van der Waals surface area contributed by atoms with Crippen molar-refractivity contribution in [3.63, 3.8) is 0 Å². The molecule has 1 aromatic carbocycles. The van der Waals surface area contributed by atoms with Gasteiger partial charge < -0.3 is 4.90 Å². The Labute approximate surface area is 215 Å². The number of carbonyl (C=O) groups is 3. The fourth-order valence-electron chi connectivity index (χ4n) is 5.27. The predicted molar refractivity (Wildman–Crippen MR) is 141 cm³/mol. The summed E-state index contributed by atoms with van der Waals surface area (Å²) in [5.41, 5.74) is 3.61. The predicted octanol–water partition coefficient (Wildman–Crippen LogP) is 2.22. The first-order valence-electron chi connectivity index (χ1n) is 12.8. The summed E-state index contributed by atoms with van der Waals surface area (Å²) >= 11 is 0. The number of benzene rings is 1. The molecule has 1 saturated heterocycles. The standard InChI is InChI=1S/C27H43N5O4/c1-5-14-27(19-20(2)3,26(35)29-28)24(33)23(32-17-15-31(4)16-18-32)22(25(34)30-36)13-9-12-21-10-7-6-8-11-21/h6-12,20,22-23,36H,5,13-19,28H2,1-4H3,(H,29,35)(H,30,34)/b12-9+/t22-,23+,27?/m0/s1. The average Bonchev–Trinajstić information content (AvgIpc) is 2.87. The monoisotopic (exact) mass is 501 g/mol. The van der Waals surface area contributed by atoms with E-state index in [9.17, 15) is 19.6 Å². The Bertz CT molecular complexity index is 883. The topological polar surface area (TPSA) is 128 Å². The average molecular weight is 502 g/mol. The van der Waals surface area contributed by atoms with Crippen molar-refractivity contribution >= 4 is 23.7 Å². The molecule has 0 spiro atoms. The summed E-state index contributed by atoms with van der Waals surface area (Å²) in [4.78, 5) is 45.0. The molecule has 1 fully saturated rings. The van der Waals surface area contributed by atoms with Crippen molar-refractivity contribution in [2.75, 3.05) is 33.2 Å². The fraction of sp³-hybridized carbons (Fsp3) is 0.593. The minimum atomic E-state index is -1.37. The largest absolute Gasteiger partial charge is 0.304 e. The molecule has 9 heteroatoms. The third-order valence-electron chi connectivity index (χ3n) is 7.00. The highest BCUT2D eigenvalue weighted by Crippen LogP contribution is 2.38. The van der Waals surface area contributed by atoms with Gasteiger partial charge in [-0.25, -0.2) is 11.3 Å². The number of likely N-dealkylation sites (N-methyl/N-ethyl adjacent to an activating group) is 1. The number of hydrazine groups is 1. The number of piperazine rings is 1. The molecule has 2 rings (SSSR count). The number of allylic oxidation sites excluding steroid dienone is 1. The maximum Gasteiger partial charge on any atom is 0.248 e. The summed E-state index contributed by atoms with van der Waals surface area (Å²) in [6, 6.07) is 8.76. The Balaban J connectivity index is 2.56. The number of carbonyl (C=O) groups excluding carboxylic acids is 3. The van der Waals surface area contributed by atoms with Gasteiger partial charge in [-0.05, 0) is 37.8 Å². The number of nitrogens with one attached hydrogen (secondary N) is 2. The molecule has 1 unspecified atom stereocenters. The van der Waals surface area contributed by atoms with Gasteiger partial charge in [0.25, 0.3) is 0 Å². The van der Waals surface area contributed by atoms with E-state index in [0.29, 0.717) is 32.4 Å². The van der Waals surface area contributed by atoms with E-state index in [1.165, 1.54) is 0 Å². The Morgan fingerprint density at radius 2 is 1.78 bits per heavy atom. The molecule has 200 valence electrons. The Morgan fingerprint density at radius 3 is 2.31 bits per heavy atom. The second-order valence-corrected chi connectivity index (χ2v) is 10.2. The van der Waals surface area contributed by atoms with Gasteiger partial charge in [0.2, 0.25) is 11.8 Å². The Kier molecular flexibility index (Phi) is 11.7. The van der Waals surface area contributed by atoms with Crippen LogP contribution in [0.4, 0.5) is 0 Å². The van der Waals surface area contributed by atoms with Crippen LogP contribution in [0.15, 0.2) is 36.4 Å². The van der Waals surface area contributed by atoms with Gasteiger partial charge in [0.15, 0.2) is 5.78 Å². The van der Waals surface area contributed by atoms with Gasteiger partial charge in [0.1, 0.15) is 5.41 Å². The molecule has 36 heavy (non-hydrogen) atoms. The molecule has 1 aliphatic heterocycles. The number of hydrogen-bond donors (Lipinski definition) is 4. The molecule has 1 aromatic rings. The van der Waals surface area contributed by atoms with Gasteiger partial charge in [-0.3, -0.25) is 29.9 Å². The number of hydrogen-bond acceptors (Lipinski definition) is 7. The second kappa shape index (κ2) is 14.2. The number of ketones is 1. The van der Waals surface area contributed by atoms with Crippen LogP contribution in [0.1, 0.15) is 52.0 Å². The van der Waals surface area contributed by atoms with Crippen molar-refractivity contribution in [1.29, 1.82) is 0 Å². The third kappa shape index (κ3) is 7.46. The van der Waals surface area contributed by atoms with Crippen molar-refractivity contribution < 1.29 is 19.6 Å². The lowest BCUT2D eigenvalue weighted by Crippen LogP contribution is -2.62. The Hall–Kier alpha value is -2.59. The molecular formula is C27H43N5O4. The summed E-state index contributed by atoms with van der Waals surface area (Å²) in [6.07, 6.45) is 5.21. The van der Waals surface area contributed by atoms with Crippen molar-refractivity contribution in [3.8, 4) is 0 Å². The zero-order valence-corrected chi connectivity index (χ0v) is 22.1. The summed E-state index contributed by atoms with van der Waals surface area (Å²) < 4.78 is 0. The molecule has 5 N–H and O–H groups in total. The van der Waals surface area contributed by atoms with Crippen LogP contribution in [-0.4, -0.2) is 71.9 Å². The van der Waals surface area contributed by atoms with Gasteiger partial charge in [0, 0.05) is 26.2 Å². The van der Waals surface area contributed by atoms with E-state index in [2.05, 4.69) is 10.3 Å². The first-order valence-corrected chi connectivity index (χ1v) is 12.8. The highest BCUT2D eigenvalue weighted by atomic mass is 16.5. The lowest BCUT2D eigenvalue weighted by Gasteiger charge is -2.44. The van der Waals surface area contributed by atoms with Crippen LogP contribution in [0.3, 0.4) is 0 Å². The molecule has 0 radical (unpaired) electrons. The van der Waals surface area contributed by atoms with Crippen LogP contribution in [0.5, 0.6) is 0 Å². The maximum atomic E-state index is 14.5. The first-order chi connectivity index (χ1) is 17.2. The fourth-order valence-corrected chi connectivity index (χ4v) is 5.27. The normalized spacial score (nSPS) is 18.5. The molecule has 2 amide bonds. The smallest absolute Gasteiger partial charge is 0.248 e. The van der Waals surface area contributed by atoms with Crippen LogP contribution in [0, 0.1) is 17.3 Å². The van der Waals surface area contributed by atoms with Crippen molar-refractivity contribution in [2.24, 2.45) is 23.1 Å². The van der Waals surface area contributed by atoms with Crippen molar-refractivity contribution in [2.45, 2.75) is 52.5 Å². The maximum absolute atomic E-state index is 14.5. The molecule has 0 aromatic heterocycles. The van der Waals surface area contributed by atoms with E-state index >= 15 is 0 Å². The minimum absolute atomic E-state index is 0.0500. The van der Waals surface area contributed by atoms with E-state index in [4.69, 9.17) is 5.84 Å². The van der Waals surface area contributed by atoms with Crippen LogP contribution >= 0.6 is 0 Å². The molecule has 0 bridgehead atoms. The quantitative estimate of drug-likeness (QED) is 0.107. The lowest BCUT2D eigenvalue weighted by atomic mass is 9.68. The van der Waals surface area contributed by atoms with Gasteiger partial charge in [-0.2, -0.15) is 0 Å². The summed E-state index contributed by atoms with van der Waals surface area (Å²) in [5, 5.41) is 9.64. The van der Waals surface area contributed by atoms with Crippen LogP contribution in [0.2, 0.25) is 0 Å². The van der Waals surface area contributed by atoms with Crippen molar-refractivity contribution in [1.82, 2.24) is 20.7 Å². The number of hydroxylamine groups is 1. The first kappa shape index (κ1) is 29.6. The van der Waals surface area contributed by atoms with Crippen LogP contribution in [-0.2, 0) is 14.4 Å². The summed E-state index contributed by atoms with van der Waals surface area (Å²) in [6.45, 7) is 8.45. The van der Waals surface area contributed by atoms with E-state index in [1.54, 1.807) is 5.48 Å². The molecule has 1 aliphatic rings. The highest BCUT2D eigenvalue weighted by molar-refractivity contribution is 6.09. The zero-order chi connectivity index (χ0) is 26.7. The van der Waals surface area contributed by atoms with E-state index in [1.807, 2.05) is 75.2 Å². The molecule has 0 saturated carbocycles. The number of amides is 2. The minimum Gasteiger partial charge on any atom is -0.304 e. The SMILES string of the molecule is CCCC(CC(C)C)(C(=O)NN)C(=O)[C@@H]([C@H](C/C=C/c1ccccc1)C(=O)NO)N1CCN(C)CC1. The second-order valence-electron chi connectivity index (χ2n) is 10.2. The molecule has 9 nitrogen and oxygen atoms in total. The highest BCUT2D eigenvalue weighted by Gasteiger charge is 2.52. The number of nitrogens with zero attached hydrogens (tertiary/aromatic N) is 2. The van der Waals surface area contributed by atoms with Crippen LogP contribution in [0.25, 0.3) is 6.08 Å². The molecule has 1 heterocycles. The van der Waals surface area contributed by atoms with E-state index in [-0.39, 0.29) is 18.1 Å². The third-order valence-corrected chi connectivity index (χ3v) is 7.00. The zero-order valence-electron chi connectivity index (χ0n) is 22.1. The lowest BCUT2D eigenvalue weighted by molar-refractivity contribution is -0.153. The van der Waals surface area contributed by atoms with Crippen molar-refractivity contribution in [3.05, 3.63) is 42.0 Å². The van der Waals surface area contributed by atoms with E-state index in [0.717, 1.165) is 18.7 Å². The van der Waals surface area contributed by atoms with Gasteiger partial charge >= 0.3 is 0 Å². The van der Waals surface area contributed by atoms with Crippen LogP contribution < -0.4 is 16.7 Å². The number of nitrogens with two attached hydrogens (primary N) is 1. The Morgan fingerprint density at radius 1 is 1.14 bits per heavy atom. The number of rotatable bonds is 13.